The Labute approximate surface area is 109 Å². The molecule has 0 spiro atoms. The van der Waals surface area contributed by atoms with E-state index in [0.29, 0.717) is 0 Å². The third-order valence-electron chi connectivity index (χ3n) is 2.90. The normalized spacial score (nSPS) is 13.8. The lowest BCUT2D eigenvalue weighted by molar-refractivity contribution is -0.0418. The van der Waals surface area contributed by atoms with Crippen molar-refractivity contribution in [1.29, 1.82) is 0 Å². The fourth-order valence-corrected chi connectivity index (χ4v) is 1.98. The number of halogens is 2. The molecule has 0 aromatic heterocycles. The van der Waals surface area contributed by atoms with Gasteiger partial charge < -0.3 is 0 Å². The summed E-state index contributed by atoms with van der Waals surface area (Å²) in [5, 5.41) is 0. The van der Waals surface area contributed by atoms with E-state index in [2.05, 4.69) is 0 Å². The van der Waals surface area contributed by atoms with E-state index in [1.54, 1.807) is 12.1 Å². The summed E-state index contributed by atoms with van der Waals surface area (Å²) in [6.45, 7) is 11.6. The van der Waals surface area contributed by atoms with Gasteiger partial charge in [0, 0.05) is 12.0 Å². The number of alkyl halides is 2. The zero-order chi connectivity index (χ0) is 14.2. The summed E-state index contributed by atoms with van der Waals surface area (Å²) in [6, 6.07) is 6.82. The lowest BCUT2D eigenvalue weighted by atomic mass is 9.82. The summed E-state index contributed by atoms with van der Waals surface area (Å²) in [6.07, 6.45) is -0.131. The molecule has 0 fully saturated rings. The van der Waals surface area contributed by atoms with E-state index in [9.17, 15) is 8.78 Å². The Kier molecular flexibility index (Phi) is 3.90. The maximum atomic E-state index is 14.2. The summed E-state index contributed by atoms with van der Waals surface area (Å²) in [4.78, 5) is 0. The molecule has 0 saturated heterocycles. The van der Waals surface area contributed by atoms with Gasteiger partial charge in [-0.15, -0.1) is 0 Å². The van der Waals surface area contributed by atoms with Crippen LogP contribution in [0.3, 0.4) is 0 Å². The van der Waals surface area contributed by atoms with Crippen LogP contribution in [0.5, 0.6) is 0 Å². The Morgan fingerprint density at radius 2 is 1.39 bits per heavy atom. The Morgan fingerprint density at radius 3 is 1.83 bits per heavy atom. The molecule has 2 heteroatoms. The zero-order valence-electron chi connectivity index (χ0n) is 12.3. The van der Waals surface area contributed by atoms with Crippen LogP contribution < -0.4 is 0 Å². The van der Waals surface area contributed by atoms with Crippen LogP contribution in [-0.2, 0) is 11.3 Å². The van der Waals surface area contributed by atoms with Gasteiger partial charge >= 0.3 is 0 Å². The van der Waals surface area contributed by atoms with E-state index in [1.165, 1.54) is 6.07 Å². The fraction of sp³-hybridized carbons (Fsp3) is 0.625. The molecule has 0 nitrogen and oxygen atoms in total. The minimum Gasteiger partial charge on any atom is -0.201 e. The van der Waals surface area contributed by atoms with Crippen LogP contribution >= 0.6 is 0 Å². The topological polar surface area (TPSA) is 0 Å². The molecule has 1 rings (SSSR count). The van der Waals surface area contributed by atoms with Crippen molar-refractivity contribution in [3.8, 4) is 0 Å². The molecular weight excluding hydrogens is 230 g/mol. The lowest BCUT2D eigenvalue weighted by Gasteiger charge is -2.27. The Hall–Kier alpha value is -0.920. The minimum atomic E-state index is -2.76. The first-order chi connectivity index (χ1) is 7.92. The SMILES string of the molecule is CC(C)(C)CC(F)(F)c1cccc(C(C)(C)C)c1. The molecule has 0 aliphatic carbocycles. The molecule has 0 bridgehead atoms. The first kappa shape index (κ1) is 15.1. The van der Waals surface area contributed by atoms with Crippen LogP contribution in [-0.4, -0.2) is 0 Å². The maximum Gasteiger partial charge on any atom is 0.273 e. The summed E-state index contributed by atoms with van der Waals surface area (Å²) >= 11 is 0. The second-order valence-electron chi connectivity index (χ2n) is 7.27. The van der Waals surface area contributed by atoms with E-state index < -0.39 is 5.92 Å². The minimum absolute atomic E-state index is 0.103. The maximum absolute atomic E-state index is 14.2. The van der Waals surface area contributed by atoms with Crippen LogP contribution in [0.15, 0.2) is 24.3 Å². The molecule has 0 saturated carbocycles. The Morgan fingerprint density at radius 1 is 0.889 bits per heavy atom. The van der Waals surface area contributed by atoms with Gasteiger partial charge in [-0.1, -0.05) is 59.7 Å². The summed E-state index contributed by atoms with van der Waals surface area (Å²) in [7, 11) is 0. The molecule has 0 amide bonds. The van der Waals surface area contributed by atoms with Gasteiger partial charge in [0.25, 0.3) is 5.92 Å². The van der Waals surface area contributed by atoms with Crippen molar-refractivity contribution in [2.24, 2.45) is 5.41 Å². The Balaban J connectivity index is 3.10. The van der Waals surface area contributed by atoms with E-state index in [-0.39, 0.29) is 22.8 Å². The van der Waals surface area contributed by atoms with Gasteiger partial charge in [0.15, 0.2) is 0 Å². The van der Waals surface area contributed by atoms with Crippen molar-refractivity contribution < 1.29 is 8.78 Å². The molecule has 0 atom stereocenters. The predicted molar refractivity (Wildman–Crippen MR) is 73.1 cm³/mol. The second-order valence-corrected chi connectivity index (χ2v) is 7.27. The second kappa shape index (κ2) is 4.64. The Bertz CT molecular complexity index is 406. The highest BCUT2D eigenvalue weighted by Crippen LogP contribution is 2.40. The smallest absolute Gasteiger partial charge is 0.201 e. The molecule has 0 aliphatic rings. The highest BCUT2D eigenvalue weighted by Gasteiger charge is 2.36. The van der Waals surface area contributed by atoms with Crippen LogP contribution in [0.2, 0.25) is 0 Å². The van der Waals surface area contributed by atoms with E-state index in [0.717, 1.165) is 5.56 Å². The first-order valence-electron chi connectivity index (χ1n) is 6.41. The monoisotopic (exact) mass is 254 g/mol. The summed E-state index contributed by atoms with van der Waals surface area (Å²) in [5.74, 6) is -2.76. The highest BCUT2D eigenvalue weighted by molar-refractivity contribution is 5.31. The lowest BCUT2D eigenvalue weighted by Crippen LogP contribution is -2.23. The van der Waals surface area contributed by atoms with Crippen molar-refractivity contribution in [3.63, 3.8) is 0 Å². The number of rotatable bonds is 2. The quantitative estimate of drug-likeness (QED) is 0.652. The van der Waals surface area contributed by atoms with Gasteiger partial charge in [-0.25, -0.2) is 8.78 Å². The zero-order valence-corrected chi connectivity index (χ0v) is 12.3. The average molecular weight is 254 g/mol. The van der Waals surface area contributed by atoms with Crippen LogP contribution in [0.1, 0.15) is 59.1 Å². The van der Waals surface area contributed by atoms with Crippen molar-refractivity contribution in [1.82, 2.24) is 0 Å². The van der Waals surface area contributed by atoms with Gasteiger partial charge in [0.1, 0.15) is 0 Å². The van der Waals surface area contributed by atoms with Gasteiger partial charge in [-0.05, 0) is 22.5 Å². The molecule has 0 heterocycles. The van der Waals surface area contributed by atoms with Crippen LogP contribution in [0, 0.1) is 5.41 Å². The number of hydrogen-bond acceptors (Lipinski definition) is 0. The van der Waals surface area contributed by atoms with Gasteiger partial charge in [0.2, 0.25) is 0 Å². The molecule has 1 aromatic rings. The summed E-state index contributed by atoms with van der Waals surface area (Å²) < 4.78 is 28.4. The van der Waals surface area contributed by atoms with Crippen LogP contribution in [0.4, 0.5) is 8.78 Å². The molecular formula is C16H24F2. The van der Waals surface area contributed by atoms with Crippen molar-refractivity contribution in [2.45, 2.75) is 59.3 Å². The van der Waals surface area contributed by atoms with Crippen molar-refractivity contribution in [2.75, 3.05) is 0 Å². The average Bonchev–Trinajstić information content (AvgIpc) is 2.13. The number of hydrogen-bond donors (Lipinski definition) is 0. The largest absolute Gasteiger partial charge is 0.273 e. The van der Waals surface area contributed by atoms with E-state index in [1.807, 2.05) is 47.6 Å². The van der Waals surface area contributed by atoms with Gasteiger partial charge in [-0.2, -0.15) is 0 Å². The fourth-order valence-electron chi connectivity index (χ4n) is 1.98. The van der Waals surface area contributed by atoms with Gasteiger partial charge in [0.05, 0.1) is 0 Å². The van der Waals surface area contributed by atoms with E-state index >= 15 is 0 Å². The highest BCUT2D eigenvalue weighted by atomic mass is 19.3. The predicted octanol–water partition coefficient (Wildman–Crippen LogP) is 5.51. The third kappa shape index (κ3) is 4.08. The standard InChI is InChI=1S/C16H24F2/c1-14(2,3)11-16(17,18)13-9-7-8-12(10-13)15(4,5)6/h7-10H,11H2,1-6H3. The molecule has 18 heavy (non-hydrogen) atoms. The van der Waals surface area contributed by atoms with E-state index in [4.69, 9.17) is 0 Å². The third-order valence-corrected chi connectivity index (χ3v) is 2.90. The van der Waals surface area contributed by atoms with Crippen molar-refractivity contribution in [3.05, 3.63) is 35.4 Å². The van der Waals surface area contributed by atoms with Gasteiger partial charge in [-0.3, -0.25) is 0 Å². The molecule has 0 radical (unpaired) electrons. The number of benzene rings is 1. The molecule has 1 aromatic carbocycles. The van der Waals surface area contributed by atoms with Crippen molar-refractivity contribution >= 4 is 0 Å². The summed E-state index contributed by atoms with van der Waals surface area (Å²) in [5.41, 5.74) is 0.591. The molecule has 0 N–H and O–H groups in total. The molecule has 0 aliphatic heterocycles. The molecule has 0 unspecified atom stereocenters. The molecule has 102 valence electrons. The van der Waals surface area contributed by atoms with Crippen LogP contribution in [0.25, 0.3) is 0 Å². The first-order valence-corrected chi connectivity index (χ1v) is 6.41.